The first-order valence-corrected chi connectivity index (χ1v) is 11.7. The van der Waals surface area contributed by atoms with Crippen LogP contribution in [0.3, 0.4) is 0 Å². The van der Waals surface area contributed by atoms with Gasteiger partial charge in [0.2, 0.25) is 6.79 Å². The van der Waals surface area contributed by atoms with Gasteiger partial charge in [-0.3, -0.25) is 4.79 Å². The minimum absolute atomic E-state index is 0.0713. The molecule has 0 radical (unpaired) electrons. The van der Waals surface area contributed by atoms with Gasteiger partial charge in [0.25, 0.3) is 5.56 Å². The van der Waals surface area contributed by atoms with Gasteiger partial charge >= 0.3 is 0 Å². The maximum absolute atomic E-state index is 13.9. The lowest BCUT2D eigenvalue weighted by molar-refractivity contribution is -0.00905. The summed E-state index contributed by atoms with van der Waals surface area (Å²) in [6.07, 6.45) is 0.894. The van der Waals surface area contributed by atoms with Crippen LogP contribution in [0.15, 0.2) is 41.3 Å². The largest absolute Gasteiger partial charge is 0.507 e. The number of ether oxygens (including phenoxy) is 5. The number of methoxy groups -OCH3 is 2. The third-order valence-corrected chi connectivity index (χ3v) is 6.23. The fourth-order valence-electron chi connectivity index (χ4n) is 4.46. The molecule has 0 spiro atoms. The van der Waals surface area contributed by atoms with E-state index < -0.39 is 6.23 Å². The van der Waals surface area contributed by atoms with E-state index in [4.69, 9.17) is 23.7 Å². The predicted molar refractivity (Wildman–Crippen MR) is 135 cm³/mol. The SMILES string of the molecule is COc1cc2c(O)c3cnn(C(C)OCC(C)C)c(=O)c3c(-c3ccc4c(c3)OCO4)c2cc1OC. The van der Waals surface area contributed by atoms with Crippen LogP contribution in [0.5, 0.6) is 28.7 Å². The smallest absolute Gasteiger partial charge is 0.277 e. The molecule has 9 nitrogen and oxygen atoms in total. The molecule has 4 aromatic rings. The molecule has 0 bridgehead atoms. The van der Waals surface area contributed by atoms with Crippen LogP contribution in [0.4, 0.5) is 0 Å². The number of phenolic OH excluding ortho intramolecular Hbond substituents is 1. The number of benzene rings is 3. The second-order valence-corrected chi connectivity index (χ2v) is 9.05. The molecule has 0 aliphatic carbocycles. The minimum atomic E-state index is -0.600. The van der Waals surface area contributed by atoms with E-state index in [-0.39, 0.29) is 18.1 Å². The lowest BCUT2D eigenvalue weighted by atomic mass is 9.91. The molecule has 188 valence electrons. The van der Waals surface area contributed by atoms with Crippen LogP contribution in [0, 0.1) is 5.92 Å². The summed E-state index contributed by atoms with van der Waals surface area (Å²) >= 11 is 0. The number of phenols is 1. The molecule has 36 heavy (non-hydrogen) atoms. The number of hydrogen-bond acceptors (Lipinski definition) is 8. The van der Waals surface area contributed by atoms with Crippen molar-refractivity contribution in [1.29, 1.82) is 0 Å². The van der Waals surface area contributed by atoms with E-state index in [1.165, 1.54) is 25.1 Å². The molecule has 1 unspecified atom stereocenters. The summed E-state index contributed by atoms with van der Waals surface area (Å²) in [6.45, 7) is 6.45. The highest BCUT2D eigenvalue weighted by Gasteiger charge is 2.24. The van der Waals surface area contributed by atoms with Gasteiger partial charge in [0.05, 0.1) is 37.8 Å². The van der Waals surface area contributed by atoms with Crippen molar-refractivity contribution in [2.75, 3.05) is 27.6 Å². The molecule has 1 aliphatic heterocycles. The second-order valence-electron chi connectivity index (χ2n) is 9.05. The summed E-state index contributed by atoms with van der Waals surface area (Å²) < 4.78 is 29.3. The fraction of sp³-hybridized carbons (Fsp3) is 0.333. The number of rotatable bonds is 7. The molecule has 1 N–H and O–H groups in total. The molecule has 1 atom stereocenters. The van der Waals surface area contributed by atoms with Gasteiger partial charge < -0.3 is 28.8 Å². The molecule has 1 aromatic heterocycles. The maximum Gasteiger partial charge on any atom is 0.277 e. The molecule has 0 amide bonds. The van der Waals surface area contributed by atoms with Crippen LogP contribution in [0.1, 0.15) is 27.0 Å². The standard InChI is InChI=1S/C27H28N2O7/c1-14(2)12-34-15(3)29-27(31)25-19(11-28-29)26(30)18-10-22(33-5)21(32-4)9-17(18)24(25)16-6-7-20-23(8-16)36-13-35-20/h6-11,14-15,30H,12-13H2,1-5H3. The highest BCUT2D eigenvalue weighted by Crippen LogP contribution is 2.47. The van der Waals surface area contributed by atoms with Crippen molar-refractivity contribution < 1.29 is 28.8 Å². The molecule has 9 heteroatoms. The summed E-state index contributed by atoms with van der Waals surface area (Å²) in [5.74, 6) is 2.34. The average Bonchev–Trinajstić information content (AvgIpc) is 3.35. The lowest BCUT2D eigenvalue weighted by Crippen LogP contribution is -2.28. The van der Waals surface area contributed by atoms with Gasteiger partial charge in [0.15, 0.2) is 29.2 Å². The van der Waals surface area contributed by atoms with E-state index in [9.17, 15) is 9.90 Å². The fourth-order valence-corrected chi connectivity index (χ4v) is 4.46. The predicted octanol–water partition coefficient (Wildman–Crippen LogP) is 4.86. The zero-order valence-electron chi connectivity index (χ0n) is 20.8. The molecule has 1 aliphatic rings. The first-order chi connectivity index (χ1) is 17.3. The quantitative estimate of drug-likeness (QED) is 0.365. The molecule has 0 saturated carbocycles. The van der Waals surface area contributed by atoms with Crippen LogP contribution in [0.2, 0.25) is 0 Å². The third kappa shape index (κ3) is 3.85. The van der Waals surface area contributed by atoms with Gasteiger partial charge in [0, 0.05) is 10.9 Å². The van der Waals surface area contributed by atoms with Gasteiger partial charge in [-0.2, -0.15) is 5.10 Å². The number of fused-ring (bicyclic) bond motifs is 3. The van der Waals surface area contributed by atoms with Crippen molar-refractivity contribution in [1.82, 2.24) is 9.78 Å². The number of aromatic hydroxyl groups is 1. The van der Waals surface area contributed by atoms with Gasteiger partial charge in [0.1, 0.15) is 5.75 Å². The van der Waals surface area contributed by atoms with Crippen molar-refractivity contribution in [3.63, 3.8) is 0 Å². The summed E-state index contributed by atoms with van der Waals surface area (Å²) in [4.78, 5) is 13.9. The summed E-state index contributed by atoms with van der Waals surface area (Å²) in [5, 5.41) is 17.4. The highest BCUT2D eigenvalue weighted by atomic mass is 16.7. The van der Waals surface area contributed by atoms with Crippen molar-refractivity contribution in [3.8, 4) is 39.9 Å². The second kappa shape index (κ2) is 9.23. The lowest BCUT2D eigenvalue weighted by Gasteiger charge is -2.20. The molecule has 0 fully saturated rings. The van der Waals surface area contributed by atoms with Crippen LogP contribution in [0.25, 0.3) is 32.7 Å². The molecule has 5 rings (SSSR count). The Morgan fingerprint density at radius 2 is 1.69 bits per heavy atom. The Balaban J connectivity index is 1.87. The van der Waals surface area contributed by atoms with E-state index in [1.807, 2.05) is 26.0 Å². The van der Waals surface area contributed by atoms with Crippen molar-refractivity contribution in [2.45, 2.75) is 27.0 Å². The van der Waals surface area contributed by atoms with E-state index in [1.54, 1.807) is 25.1 Å². The molecular formula is C27H28N2O7. The third-order valence-electron chi connectivity index (χ3n) is 6.23. The Labute approximate surface area is 207 Å². The van der Waals surface area contributed by atoms with E-state index in [0.717, 1.165) is 0 Å². The molecular weight excluding hydrogens is 464 g/mol. The van der Waals surface area contributed by atoms with E-state index in [0.29, 0.717) is 68.2 Å². The van der Waals surface area contributed by atoms with Crippen molar-refractivity contribution in [3.05, 3.63) is 46.9 Å². The Morgan fingerprint density at radius 3 is 2.39 bits per heavy atom. The van der Waals surface area contributed by atoms with E-state index in [2.05, 4.69) is 5.10 Å². The van der Waals surface area contributed by atoms with Crippen LogP contribution >= 0.6 is 0 Å². The zero-order chi connectivity index (χ0) is 25.6. The monoisotopic (exact) mass is 492 g/mol. The van der Waals surface area contributed by atoms with Gasteiger partial charge in [-0.05, 0) is 48.1 Å². The normalized spacial score (nSPS) is 13.5. The minimum Gasteiger partial charge on any atom is -0.507 e. The van der Waals surface area contributed by atoms with Crippen molar-refractivity contribution in [2.24, 2.45) is 5.92 Å². The first-order valence-electron chi connectivity index (χ1n) is 11.7. The summed E-state index contributed by atoms with van der Waals surface area (Å²) in [7, 11) is 3.06. The highest BCUT2D eigenvalue weighted by molar-refractivity contribution is 6.17. The average molecular weight is 493 g/mol. The topological polar surface area (TPSA) is 101 Å². The Kier molecular flexibility index (Phi) is 6.09. The van der Waals surface area contributed by atoms with Gasteiger partial charge in [-0.25, -0.2) is 4.68 Å². The van der Waals surface area contributed by atoms with Gasteiger partial charge in [-0.1, -0.05) is 19.9 Å². The van der Waals surface area contributed by atoms with Gasteiger partial charge in [-0.15, -0.1) is 0 Å². The van der Waals surface area contributed by atoms with Crippen LogP contribution in [-0.4, -0.2) is 42.5 Å². The first kappa shape index (κ1) is 23.7. The Bertz CT molecular complexity index is 1530. The summed E-state index contributed by atoms with van der Waals surface area (Å²) in [5.41, 5.74) is 0.935. The molecule has 3 aromatic carbocycles. The number of hydrogen-bond donors (Lipinski definition) is 1. The maximum atomic E-state index is 13.9. The molecule has 0 saturated heterocycles. The van der Waals surface area contributed by atoms with Crippen molar-refractivity contribution >= 4 is 21.5 Å². The Morgan fingerprint density at radius 1 is 1.00 bits per heavy atom. The van der Waals surface area contributed by atoms with Crippen LogP contribution in [-0.2, 0) is 4.74 Å². The van der Waals surface area contributed by atoms with E-state index >= 15 is 0 Å². The van der Waals surface area contributed by atoms with Crippen LogP contribution < -0.4 is 24.5 Å². The zero-order valence-corrected chi connectivity index (χ0v) is 20.8. The Hall–Kier alpha value is -3.98. The number of nitrogens with zero attached hydrogens (tertiary/aromatic N) is 2. The number of aromatic nitrogens is 2. The molecule has 2 heterocycles. The summed E-state index contributed by atoms with van der Waals surface area (Å²) in [6, 6.07) is 8.94.